The molecule has 3 rings (SSSR count). The van der Waals surface area contributed by atoms with Crippen molar-refractivity contribution in [2.75, 3.05) is 12.4 Å². The van der Waals surface area contributed by atoms with Crippen molar-refractivity contribution in [3.63, 3.8) is 0 Å². The fourth-order valence-corrected chi connectivity index (χ4v) is 2.33. The predicted octanol–water partition coefficient (Wildman–Crippen LogP) is 2.62. The molecule has 0 spiro atoms. The lowest BCUT2D eigenvalue weighted by Gasteiger charge is -2.11. The Morgan fingerprint density at radius 1 is 1.23 bits per heavy atom. The average molecular weight is 295 g/mol. The second-order valence-electron chi connectivity index (χ2n) is 5.07. The van der Waals surface area contributed by atoms with E-state index in [1.807, 2.05) is 43.3 Å². The van der Waals surface area contributed by atoms with Gasteiger partial charge in [-0.05, 0) is 30.7 Å². The number of ether oxygens (including phenoxy) is 1. The maximum absolute atomic E-state index is 12.2. The Kier molecular flexibility index (Phi) is 3.78. The van der Waals surface area contributed by atoms with E-state index in [0.29, 0.717) is 17.9 Å². The number of aromatic nitrogens is 2. The third kappa shape index (κ3) is 2.79. The molecule has 0 unspecified atom stereocenters. The monoisotopic (exact) mass is 295 g/mol. The number of benzene rings is 1. The fraction of sp³-hybridized carbons (Fsp3) is 0.176. The van der Waals surface area contributed by atoms with Crippen LogP contribution < -0.4 is 15.6 Å². The smallest absolute Gasteiger partial charge is 0.258 e. The van der Waals surface area contributed by atoms with Gasteiger partial charge in [-0.3, -0.25) is 9.20 Å². The maximum Gasteiger partial charge on any atom is 0.258 e. The second-order valence-corrected chi connectivity index (χ2v) is 5.07. The lowest BCUT2D eigenvalue weighted by Crippen LogP contribution is -2.17. The molecule has 0 amide bonds. The first kappa shape index (κ1) is 14.1. The number of nitrogens with zero attached hydrogens (tertiary/aromatic N) is 2. The topological polar surface area (TPSA) is 55.6 Å². The van der Waals surface area contributed by atoms with Gasteiger partial charge in [0.05, 0.1) is 25.0 Å². The summed E-state index contributed by atoms with van der Waals surface area (Å²) in [4.78, 5) is 16.7. The SMILES string of the molecule is COc1ccccc1NCc1cc(=O)n2cc(C)ccc2n1. The number of fused-ring (bicyclic) bond motifs is 1. The molecule has 3 aromatic rings. The van der Waals surface area contributed by atoms with Crippen molar-refractivity contribution < 1.29 is 4.74 Å². The number of para-hydroxylation sites is 2. The molecule has 0 aliphatic heterocycles. The summed E-state index contributed by atoms with van der Waals surface area (Å²) in [6.07, 6.45) is 1.79. The van der Waals surface area contributed by atoms with E-state index in [1.54, 1.807) is 23.8 Å². The minimum absolute atomic E-state index is 0.0782. The predicted molar refractivity (Wildman–Crippen MR) is 86.5 cm³/mol. The Hall–Kier alpha value is -2.82. The van der Waals surface area contributed by atoms with E-state index >= 15 is 0 Å². The van der Waals surface area contributed by atoms with Gasteiger partial charge >= 0.3 is 0 Å². The van der Waals surface area contributed by atoms with Crippen LogP contribution in [0.25, 0.3) is 5.65 Å². The highest BCUT2D eigenvalue weighted by atomic mass is 16.5. The highest BCUT2D eigenvalue weighted by molar-refractivity contribution is 5.56. The normalized spacial score (nSPS) is 10.6. The summed E-state index contributed by atoms with van der Waals surface area (Å²) < 4.78 is 6.85. The van der Waals surface area contributed by atoms with Gasteiger partial charge in [-0.25, -0.2) is 4.98 Å². The van der Waals surface area contributed by atoms with Crippen molar-refractivity contribution in [2.24, 2.45) is 0 Å². The van der Waals surface area contributed by atoms with Crippen LogP contribution >= 0.6 is 0 Å². The van der Waals surface area contributed by atoms with Crippen molar-refractivity contribution in [2.45, 2.75) is 13.5 Å². The molecule has 5 heteroatoms. The standard InChI is InChI=1S/C17H17N3O2/c1-12-7-8-16-19-13(9-17(21)20(16)11-12)10-18-14-5-3-4-6-15(14)22-2/h3-9,11,18H,10H2,1-2H3. The molecular formula is C17H17N3O2. The summed E-state index contributed by atoms with van der Waals surface area (Å²) in [6.45, 7) is 2.41. The molecule has 2 heterocycles. The van der Waals surface area contributed by atoms with Crippen LogP contribution in [0.3, 0.4) is 0 Å². The molecule has 22 heavy (non-hydrogen) atoms. The van der Waals surface area contributed by atoms with Gasteiger partial charge < -0.3 is 10.1 Å². The molecule has 0 aliphatic carbocycles. The van der Waals surface area contributed by atoms with Crippen molar-refractivity contribution in [1.29, 1.82) is 0 Å². The molecule has 0 aliphatic rings. The van der Waals surface area contributed by atoms with Crippen LogP contribution in [0.1, 0.15) is 11.3 Å². The summed E-state index contributed by atoms with van der Waals surface area (Å²) in [5.74, 6) is 0.760. The molecule has 112 valence electrons. The molecule has 0 fully saturated rings. The van der Waals surface area contributed by atoms with Crippen LogP contribution in [0.4, 0.5) is 5.69 Å². The van der Waals surface area contributed by atoms with Gasteiger partial charge in [0.2, 0.25) is 0 Å². The number of rotatable bonds is 4. The largest absolute Gasteiger partial charge is 0.495 e. The first-order valence-corrected chi connectivity index (χ1v) is 7.03. The Morgan fingerprint density at radius 2 is 2.05 bits per heavy atom. The summed E-state index contributed by atoms with van der Waals surface area (Å²) >= 11 is 0. The van der Waals surface area contributed by atoms with Crippen LogP contribution in [-0.2, 0) is 6.54 Å². The molecule has 0 bridgehead atoms. The fourth-order valence-electron chi connectivity index (χ4n) is 2.33. The van der Waals surface area contributed by atoms with E-state index in [-0.39, 0.29) is 5.56 Å². The van der Waals surface area contributed by atoms with E-state index in [4.69, 9.17) is 4.74 Å². The molecule has 1 aromatic carbocycles. The summed E-state index contributed by atoms with van der Waals surface area (Å²) in [6, 6.07) is 13.0. The number of hydrogen-bond acceptors (Lipinski definition) is 4. The van der Waals surface area contributed by atoms with Gasteiger partial charge in [0, 0.05) is 12.3 Å². The van der Waals surface area contributed by atoms with Gasteiger partial charge in [0.25, 0.3) is 5.56 Å². The van der Waals surface area contributed by atoms with Crippen molar-refractivity contribution >= 4 is 11.3 Å². The second kappa shape index (κ2) is 5.89. The van der Waals surface area contributed by atoms with Crippen LogP contribution in [-0.4, -0.2) is 16.5 Å². The van der Waals surface area contributed by atoms with Crippen LogP contribution in [0.2, 0.25) is 0 Å². The number of pyridine rings is 1. The Morgan fingerprint density at radius 3 is 2.86 bits per heavy atom. The molecule has 1 N–H and O–H groups in total. The summed E-state index contributed by atoms with van der Waals surface area (Å²) in [7, 11) is 1.63. The van der Waals surface area contributed by atoms with Crippen LogP contribution in [0.15, 0.2) is 53.5 Å². The zero-order valence-electron chi connectivity index (χ0n) is 12.5. The van der Waals surface area contributed by atoms with Gasteiger partial charge in [-0.2, -0.15) is 0 Å². The first-order chi connectivity index (χ1) is 10.7. The maximum atomic E-state index is 12.2. The van der Waals surface area contributed by atoms with Crippen molar-refractivity contribution in [3.8, 4) is 5.75 Å². The average Bonchev–Trinajstić information content (AvgIpc) is 2.54. The molecule has 0 saturated carbocycles. The number of aryl methyl sites for hydroxylation is 1. The number of methoxy groups -OCH3 is 1. The number of hydrogen-bond donors (Lipinski definition) is 1. The summed E-state index contributed by atoms with van der Waals surface area (Å²) in [5.41, 5.74) is 3.16. The minimum atomic E-state index is -0.0782. The lowest BCUT2D eigenvalue weighted by molar-refractivity contribution is 0.416. The summed E-state index contributed by atoms with van der Waals surface area (Å²) in [5, 5.41) is 3.25. The number of nitrogens with one attached hydrogen (secondary N) is 1. The van der Waals surface area contributed by atoms with E-state index in [9.17, 15) is 4.79 Å². The minimum Gasteiger partial charge on any atom is -0.495 e. The third-order valence-corrected chi connectivity index (χ3v) is 3.43. The van der Waals surface area contributed by atoms with Gasteiger partial charge in [-0.1, -0.05) is 18.2 Å². The van der Waals surface area contributed by atoms with Gasteiger partial charge in [-0.15, -0.1) is 0 Å². The van der Waals surface area contributed by atoms with Crippen LogP contribution in [0.5, 0.6) is 5.75 Å². The highest BCUT2D eigenvalue weighted by Gasteiger charge is 2.05. The molecule has 0 saturated heterocycles. The molecule has 0 radical (unpaired) electrons. The quantitative estimate of drug-likeness (QED) is 0.804. The van der Waals surface area contributed by atoms with Crippen LogP contribution in [0, 0.1) is 6.92 Å². The molecule has 5 nitrogen and oxygen atoms in total. The van der Waals surface area contributed by atoms with E-state index in [1.165, 1.54) is 0 Å². The van der Waals surface area contributed by atoms with E-state index in [0.717, 1.165) is 17.0 Å². The zero-order chi connectivity index (χ0) is 15.5. The Bertz CT molecular complexity index is 871. The highest BCUT2D eigenvalue weighted by Crippen LogP contribution is 2.23. The Balaban J connectivity index is 1.88. The molecular weight excluding hydrogens is 278 g/mol. The molecule has 0 atom stereocenters. The zero-order valence-corrected chi connectivity index (χ0v) is 12.5. The molecule has 2 aromatic heterocycles. The third-order valence-electron chi connectivity index (χ3n) is 3.43. The van der Waals surface area contributed by atoms with Crippen molar-refractivity contribution in [3.05, 3.63) is 70.3 Å². The van der Waals surface area contributed by atoms with Gasteiger partial charge in [0.1, 0.15) is 11.4 Å². The Labute approximate surface area is 128 Å². The number of anilines is 1. The van der Waals surface area contributed by atoms with E-state index < -0.39 is 0 Å². The van der Waals surface area contributed by atoms with E-state index in [2.05, 4.69) is 10.3 Å². The van der Waals surface area contributed by atoms with Gasteiger partial charge in [0.15, 0.2) is 0 Å². The lowest BCUT2D eigenvalue weighted by atomic mass is 10.2. The van der Waals surface area contributed by atoms with Crippen molar-refractivity contribution in [1.82, 2.24) is 9.38 Å². The first-order valence-electron chi connectivity index (χ1n) is 7.03.